The van der Waals surface area contributed by atoms with Crippen molar-refractivity contribution in [3.05, 3.63) is 29.3 Å². The molecule has 2 heteroatoms. The molecule has 1 aromatic rings. The molecule has 0 aromatic heterocycles. The van der Waals surface area contributed by atoms with Gasteiger partial charge >= 0.3 is 0 Å². The molecule has 1 aromatic carbocycles. The van der Waals surface area contributed by atoms with Gasteiger partial charge in [0.25, 0.3) is 0 Å². The Balaban J connectivity index is 3.27. The van der Waals surface area contributed by atoms with Gasteiger partial charge in [-0.15, -0.1) is 0 Å². The van der Waals surface area contributed by atoms with E-state index in [2.05, 4.69) is 20.8 Å². The van der Waals surface area contributed by atoms with Crippen LogP contribution in [0.2, 0.25) is 0 Å². The first-order valence-electron chi connectivity index (χ1n) is 5.05. The van der Waals surface area contributed by atoms with Crippen molar-refractivity contribution >= 4 is 5.78 Å². The van der Waals surface area contributed by atoms with Gasteiger partial charge in [-0.05, 0) is 24.0 Å². The number of methoxy groups -OCH3 is 1. The summed E-state index contributed by atoms with van der Waals surface area (Å²) in [6.45, 7) is 7.93. The standard InChI is InChI=1S/C13H18O2/c1-9(14)10-6-7-11(13(2,3)4)12(8-10)15-5/h6-8H,1-5H3. The quantitative estimate of drug-likeness (QED) is 0.694. The minimum absolute atomic E-state index is 0.0284. The van der Waals surface area contributed by atoms with Gasteiger partial charge in [-0.1, -0.05) is 32.9 Å². The Bertz CT molecular complexity index is 373. The minimum atomic E-state index is 0.0284. The topological polar surface area (TPSA) is 26.3 Å². The van der Waals surface area contributed by atoms with Gasteiger partial charge in [-0.2, -0.15) is 0 Å². The Morgan fingerprint density at radius 3 is 2.27 bits per heavy atom. The van der Waals surface area contributed by atoms with Crippen LogP contribution >= 0.6 is 0 Å². The summed E-state index contributed by atoms with van der Waals surface area (Å²) < 4.78 is 5.31. The first kappa shape index (κ1) is 11.8. The van der Waals surface area contributed by atoms with Crippen LogP contribution in [0.1, 0.15) is 43.6 Å². The minimum Gasteiger partial charge on any atom is -0.496 e. The number of benzene rings is 1. The second kappa shape index (κ2) is 4.05. The SMILES string of the molecule is COc1cc(C(C)=O)ccc1C(C)(C)C. The molecule has 0 bridgehead atoms. The van der Waals surface area contributed by atoms with Crippen molar-refractivity contribution in [3.63, 3.8) is 0 Å². The third-order valence-corrected chi connectivity index (χ3v) is 2.42. The van der Waals surface area contributed by atoms with Crippen molar-refractivity contribution in [1.29, 1.82) is 0 Å². The lowest BCUT2D eigenvalue weighted by molar-refractivity contribution is 0.101. The Morgan fingerprint density at radius 2 is 1.87 bits per heavy atom. The van der Waals surface area contributed by atoms with Gasteiger partial charge < -0.3 is 4.74 Å². The molecule has 1 rings (SSSR count). The lowest BCUT2D eigenvalue weighted by Gasteiger charge is -2.22. The number of carbonyl (C=O) groups excluding carboxylic acids is 1. The zero-order valence-electron chi connectivity index (χ0n) is 10.0. The lowest BCUT2D eigenvalue weighted by Crippen LogP contribution is -2.13. The van der Waals surface area contributed by atoms with Crippen LogP contribution in [-0.2, 0) is 5.41 Å². The monoisotopic (exact) mass is 206 g/mol. The fourth-order valence-corrected chi connectivity index (χ4v) is 1.53. The predicted molar refractivity (Wildman–Crippen MR) is 61.7 cm³/mol. The molecule has 0 spiro atoms. The van der Waals surface area contributed by atoms with Crippen LogP contribution in [0.5, 0.6) is 5.75 Å². The molecular weight excluding hydrogens is 188 g/mol. The molecular formula is C13H18O2. The second-order valence-electron chi connectivity index (χ2n) is 4.72. The molecule has 0 aliphatic heterocycles. The summed E-state index contributed by atoms with van der Waals surface area (Å²) in [6.07, 6.45) is 0. The largest absolute Gasteiger partial charge is 0.496 e. The number of carbonyl (C=O) groups is 1. The molecule has 0 saturated carbocycles. The van der Waals surface area contributed by atoms with E-state index in [4.69, 9.17) is 4.74 Å². The van der Waals surface area contributed by atoms with Gasteiger partial charge in [0.05, 0.1) is 7.11 Å². The zero-order valence-corrected chi connectivity index (χ0v) is 10.0. The number of hydrogen-bond donors (Lipinski definition) is 0. The highest BCUT2D eigenvalue weighted by Gasteiger charge is 2.19. The predicted octanol–water partition coefficient (Wildman–Crippen LogP) is 3.20. The summed E-state index contributed by atoms with van der Waals surface area (Å²) in [7, 11) is 1.63. The molecule has 82 valence electrons. The van der Waals surface area contributed by atoms with Gasteiger partial charge in [0, 0.05) is 5.56 Å². The Labute approximate surface area is 91.3 Å². The van der Waals surface area contributed by atoms with E-state index in [1.165, 1.54) is 0 Å². The highest BCUT2D eigenvalue weighted by Crippen LogP contribution is 2.31. The van der Waals surface area contributed by atoms with Crippen molar-refractivity contribution in [1.82, 2.24) is 0 Å². The molecule has 0 saturated heterocycles. The number of hydrogen-bond acceptors (Lipinski definition) is 2. The first-order chi connectivity index (χ1) is 6.86. The van der Waals surface area contributed by atoms with Crippen LogP contribution in [0.25, 0.3) is 0 Å². The van der Waals surface area contributed by atoms with Gasteiger partial charge in [-0.25, -0.2) is 0 Å². The number of rotatable bonds is 2. The molecule has 0 heterocycles. The van der Waals surface area contributed by atoms with Crippen LogP contribution in [0.4, 0.5) is 0 Å². The van der Waals surface area contributed by atoms with E-state index in [1.807, 2.05) is 18.2 Å². The summed E-state index contributed by atoms with van der Waals surface area (Å²) >= 11 is 0. The van der Waals surface area contributed by atoms with Crippen LogP contribution in [0.15, 0.2) is 18.2 Å². The molecule has 15 heavy (non-hydrogen) atoms. The van der Waals surface area contributed by atoms with Crippen molar-refractivity contribution in [3.8, 4) is 5.75 Å². The maximum Gasteiger partial charge on any atom is 0.159 e. The van der Waals surface area contributed by atoms with Gasteiger partial charge in [-0.3, -0.25) is 4.79 Å². The van der Waals surface area contributed by atoms with E-state index >= 15 is 0 Å². The first-order valence-corrected chi connectivity index (χ1v) is 5.05. The average molecular weight is 206 g/mol. The van der Waals surface area contributed by atoms with Crippen molar-refractivity contribution < 1.29 is 9.53 Å². The molecule has 0 aliphatic carbocycles. The number of Topliss-reactive ketones (excluding diaryl/α,β-unsaturated/α-hetero) is 1. The van der Waals surface area contributed by atoms with E-state index in [0.717, 1.165) is 11.3 Å². The third kappa shape index (κ3) is 2.58. The van der Waals surface area contributed by atoms with Crippen LogP contribution < -0.4 is 4.74 Å². The van der Waals surface area contributed by atoms with Crippen molar-refractivity contribution in [2.24, 2.45) is 0 Å². The van der Waals surface area contributed by atoms with E-state index in [-0.39, 0.29) is 11.2 Å². The van der Waals surface area contributed by atoms with E-state index in [1.54, 1.807) is 14.0 Å². The fraction of sp³-hybridized carbons (Fsp3) is 0.462. The maximum absolute atomic E-state index is 11.2. The Morgan fingerprint density at radius 1 is 1.27 bits per heavy atom. The lowest BCUT2D eigenvalue weighted by atomic mass is 9.85. The Kier molecular flexibility index (Phi) is 3.18. The normalized spacial score (nSPS) is 11.3. The molecule has 0 amide bonds. The van der Waals surface area contributed by atoms with Gasteiger partial charge in [0.15, 0.2) is 5.78 Å². The second-order valence-corrected chi connectivity index (χ2v) is 4.72. The molecule has 0 aliphatic rings. The van der Waals surface area contributed by atoms with Crippen molar-refractivity contribution in [2.75, 3.05) is 7.11 Å². The van der Waals surface area contributed by atoms with Gasteiger partial charge in [0.2, 0.25) is 0 Å². The maximum atomic E-state index is 11.2. The molecule has 0 atom stereocenters. The van der Waals surface area contributed by atoms with E-state index < -0.39 is 0 Å². The molecule has 0 fully saturated rings. The van der Waals surface area contributed by atoms with E-state index in [9.17, 15) is 4.79 Å². The zero-order chi connectivity index (χ0) is 11.6. The van der Waals surface area contributed by atoms with Crippen LogP contribution in [0, 0.1) is 0 Å². The molecule has 0 unspecified atom stereocenters. The summed E-state index contributed by atoms with van der Waals surface area (Å²) in [4.78, 5) is 11.2. The summed E-state index contributed by atoms with van der Waals surface area (Å²) in [6, 6.07) is 5.63. The highest BCUT2D eigenvalue weighted by molar-refractivity contribution is 5.94. The summed E-state index contributed by atoms with van der Waals surface area (Å²) in [5.74, 6) is 0.851. The average Bonchev–Trinajstić information content (AvgIpc) is 2.15. The number of ether oxygens (including phenoxy) is 1. The van der Waals surface area contributed by atoms with Crippen molar-refractivity contribution in [2.45, 2.75) is 33.1 Å². The summed E-state index contributed by atoms with van der Waals surface area (Å²) in [5.41, 5.74) is 1.84. The smallest absolute Gasteiger partial charge is 0.159 e. The third-order valence-electron chi connectivity index (χ3n) is 2.42. The Hall–Kier alpha value is -1.31. The van der Waals surface area contributed by atoms with Crippen LogP contribution in [-0.4, -0.2) is 12.9 Å². The molecule has 0 N–H and O–H groups in total. The molecule has 2 nitrogen and oxygen atoms in total. The van der Waals surface area contributed by atoms with Crippen LogP contribution in [0.3, 0.4) is 0 Å². The highest BCUT2D eigenvalue weighted by atomic mass is 16.5. The number of ketones is 1. The summed E-state index contributed by atoms with van der Waals surface area (Å²) in [5, 5.41) is 0. The fourth-order valence-electron chi connectivity index (χ4n) is 1.53. The van der Waals surface area contributed by atoms with Gasteiger partial charge in [0.1, 0.15) is 5.75 Å². The molecule has 0 radical (unpaired) electrons. The van der Waals surface area contributed by atoms with E-state index in [0.29, 0.717) is 5.56 Å².